The summed E-state index contributed by atoms with van der Waals surface area (Å²) in [6.45, 7) is 6.76. The number of aryl methyl sites for hydroxylation is 2. The third-order valence-electron chi connectivity index (χ3n) is 5.25. The van der Waals surface area contributed by atoms with Crippen molar-refractivity contribution in [1.82, 2.24) is 15.2 Å². The van der Waals surface area contributed by atoms with Gasteiger partial charge in [0.2, 0.25) is 5.91 Å². The summed E-state index contributed by atoms with van der Waals surface area (Å²) in [5.74, 6) is 1.09. The summed E-state index contributed by atoms with van der Waals surface area (Å²) in [6.07, 6.45) is 4.26. The largest absolute Gasteiger partial charge is 0.355 e. The molecular formula is C22H30N4O. The van der Waals surface area contributed by atoms with E-state index in [4.69, 9.17) is 0 Å². The summed E-state index contributed by atoms with van der Waals surface area (Å²) in [7, 11) is 2.16. The predicted octanol–water partition coefficient (Wildman–Crippen LogP) is 2.78. The predicted molar refractivity (Wildman–Crippen MR) is 110 cm³/mol. The zero-order valence-corrected chi connectivity index (χ0v) is 16.4. The molecule has 0 unspecified atom stereocenters. The average Bonchev–Trinajstić information content (AvgIpc) is 2.90. The monoisotopic (exact) mass is 366 g/mol. The number of hydrogen-bond acceptors (Lipinski definition) is 4. The van der Waals surface area contributed by atoms with Crippen LogP contribution in [0.1, 0.15) is 29.5 Å². The van der Waals surface area contributed by atoms with Crippen LogP contribution in [-0.4, -0.2) is 49.0 Å². The van der Waals surface area contributed by atoms with Crippen molar-refractivity contribution in [1.29, 1.82) is 0 Å². The summed E-state index contributed by atoms with van der Waals surface area (Å²) < 4.78 is 0. The Morgan fingerprint density at radius 3 is 2.74 bits per heavy atom. The smallest absolute Gasteiger partial charge is 0.220 e. The zero-order chi connectivity index (χ0) is 19.1. The molecule has 2 heterocycles. The maximum atomic E-state index is 12.3. The first-order chi connectivity index (χ1) is 13.1. The number of amides is 1. The van der Waals surface area contributed by atoms with Crippen molar-refractivity contribution in [2.75, 3.05) is 38.1 Å². The highest BCUT2D eigenvalue weighted by atomic mass is 16.1. The van der Waals surface area contributed by atoms with Crippen molar-refractivity contribution in [2.24, 2.45) is 0 Å². The summed E-state index contributed by atoms with van der Waals surface area (Å²) in [6, 6.07) is 12.3. The molecule has 0 aliphatic carbocycles. The topological polar surface area (TPSA) is 48.5 Å². The second kappa shape index (κ2) is 9.51. The Bertz CT molecular complexity index is 761. The highest BCUT2D eigenvalue weighted by Gasteiger charge is 2.16. The zero-order valence-electron chi connectivity index (χ0n) is 16.4. The number of nitrogens with one attached hydrogen (secondary N) is 1. The van der Waals surface area contributed by atoms with Crippen LogP contribution in [0.5, 0.6) is 0 Å². The molecule has 3 rings (SSSR count). The summed E-state index contributed by atoms with van der Waals surface area (Å²) >= 11 is 0. The van der Waals surface area contributed by atoms with Gasteiger partial charge in [-0.1, -0.05) is 30.3 Å². The maximum Gasteiger partial charge on any atom is 0.220 e. The highest BCUT2D eigenvalue weighted by molar-refractivity contribution is 5.76. The van der Waals surface area contributed by atoms with Gasteiger partial charge in [0.15, 0.2) is 0 Å². The molecule has 1 aliphatic heterocycles. The van der Waals surface area contributed by atoms with E-state index in [9.17, 15) is 4.79 Å². The van der Waals surface area contributed by atoms with Gasteiger partial charge in [0, 0.05) is 44.4 Å². The molecule has 1 fully saturated rings. The van der Waals surface area contributed by atoms with E-state index in [1.165, 1.54) is 11.1 Å². The number of hydrogen-bond donors (Lipinski definition) is 1. The van der Waals surface area contributed by atoms with Crippen LogP contribution in [0.4, 0.5) is 5.82 Å². The molecule has 1 N–H and O–H groups in total. The number of anilines is 1. The van der Waals surface area contributed by atoms with E-state index in [-0.39, 0.29) is 5.91 Å². The number of aromatic nitrogens is 1. The van der Waals surface area contributed by atoms with Crippen LogP contribution in [0.15, 0.2) is 42.6 Å². The second-order valence-corrected chi connectivity index (χ2v) is 7.33. The molecule has 0 bridgehead atoms. The van der Waals surface area contributed by atoms with Gasteiger partial charge in [0.05, 0.1) is 0 Å². The van der Waals surface area contributed by atoms with Crippen LogP contribution < -0.4 is 10.2 Å². The van der Waals surface area contributed by atoms with E-state index in [1.54, 1.807) is 0 Å². The third-order valence-corrected chi connectivity index (χ3v) is 5.25. The lowest BCUT2D eigenvalue weighted by Crippen LogP contribution is -2.31. The first-order valence-electron chi connectivity index (χ1n) is 9.82. The number of nitrogens with zero attached hydrogens (tertiary/aromatic N) is 3. The Labute approximate surface area is 162 Å². The Morgan fingerprint density at radius 2 is 1.89 bits per heavy atom. The highest BCUT2D eigenvalue weighted by Crippen LogP contribution is 2.19. The number of carbonyl (C=O) groups is 1. The lowest BCUT2D eigenvalue weighted by atomic mass is 10.0. The number of carbonyl (C=O) groups excluding carboxylic acids is 1. The number of benzene rings is 1. The molecule has 0 atom stereocenters. The van der Waals surface area contributed by atoms with Crippen LogP contribution in [0.3, 0.4) is 0 Å². The van der Waals surface area contributed by atoms with E-state index in [0.717, 1.165) is 50.4 Å². The van der Waals surface area contributed by atoms with Gasteiger partial charge < -0.3 is 15.1 Å². The fraction of sp³-hybridized carbons (Fsp3) is 0.455. The van der Waals surface area contributed by atoms with Gasteiger partial charge in [-0.3, -0.25) is 4.79 Å². The SMILES string of the molecule is Cc1ccccc1CCC(=O)NCc1cccnc1N1CCCN(C)CC1. The molecule has 0 saturated carbocycles. The van der Waals surface area contributed by atoms with Crippen LogP contribution in [0, 0.1) is 6.92 Å². The maximum absolute atomic E-state index is 12.3. The molecule has 144 valence electrons. The quantitative estimate of drug-likeness (QED) is 0.854. The fourth-order valence-electron chi connectivity index (χ4n) is 3.53. The van der Waals surface area contributed by atoms with Crippen molar-refractivity contribution < 1.29 is 4.79 Å². The van der Waals surface area contributed by atoms with Gasteiger partial charge in [-0.05, 0) is 50.6 Å². The van der Waals surface area contributed by atoms with Crippen molar-refractivity contribution in [2.45, 2.75) is 32.7 Å². The van der Waals surface area contributed by atoms with Crippen LogP contribution >= 0.6 is 0 Å². The van der Waals surface area contributed by atoms with Crippen molar-refractivity contribution in [3.63, 3.8) is 0 Å². The van der Waals surface area contributed by atoms with E-state index in [1.807, 2.05) is 24.4 Å². The van der Waals surface area contributed by atoms with E-state index in [0.29, 0.717) is 13.0 Å². The summed E-state index contributed by atoms with van der Waals surface area (Å²) in [4.78, 5) is 21.6. The van der Waals surface area contributed by atoms with Crippen LogP contribution in [0.25, 0.3) is 0 Å². The second-order valence-electron chi connectivity index (χ2n) is 7.33. The van der Waals surface area contributed by atoms with Crippen LogP contribution in [-0.2, 0) is 17.8 Å². The van der Waals surface area contributed by atoms with Gasteiger partial charge >= 0.3 is 0 Å². The first kappa shape index (κ1) is 19.4. The molecule has 5 heteroatoms. The minimum atomic E-state index is 0.0867. The molecule has 1 aromatic carbocycles. The Morgan fingerprint density at radius 1 is 1.07 bits per heavy atom. The van der Waals surface area contributed by atoms with Crippen molar-refractivity contribution in [3.8, 4) is 0 Å². The fourth-order valence-corrected chi connectivity index (χ4v) is 3.53. The summed E-state index contributed by atoms with van der Waals surface area (Å²) in [5.41, 5.74) is 3.57. The molecule has 2 aromatic rings. The number of likely N-dealkylation sites (N-methyl/N-ethyl adjacent to an activating group) is 1. The normalized spacial score (nSPS) is 15.4. The lowest BCUT2D eigenvalue weighted by molar-refractivity contribution is -0.121. The van der Waals surface area contributed by atoms with Crippen LogP contribution in [0.2, 0.25) is 0 Å². The van der Waals surface area contributed by atoms with Crippen molar-refractivity contribution >= 4 is 11.7 Å². The third kappa shape index (κ3) is 5.54. The average molecular weight is 367 g/mol. The van der Waals surface area contributed by atoms with E-state index in [2.05, 4.69) is 52.3 Å². The summed E-state index contributed by atoms with van der Waals surface area (Å²) in [5, 5.41) is 3.08. The van der Waals surface area contributed by atoms with Gasteiger partial charge in [-0.25, -0.2) is 4.98 Å². The Kier molecular flexibility index (Phi) is 6.82. The van der Waals surface area contributed by atoms with E-state index >= 15 is 0 Å². The molecule has 0 radical (unpaired) electrons. The van der Waals surface area contributed by atoms with Gasteiger partial charge in [-0.15, -0.1) is 0 Å². The lowest BCUT2D eigenvalue weighted by Gasteiger charge is -2.24. The minimum absolute atomic E-state index is 0.0867. The Balaban J connectivity index is 1.56. The standard InChI is InChI=1S/C22H30N4O/c1-18-7-3-4-8-19(18)10-11-21(27)24-17-20-9-5-12-23-22(20)26-14-6-13-25(2)15-16-26/h3-5,7-9,12H,6,10-11,13-17H2,1-2H3,(H,24,27). The Hall–Kier alpha value is -2.40. The molecular weight excluding hydrogens is 336 g/mol. The molecule has 5 nitrogen and oxygen atoms in total. The van der Waals surface area contributed by atoms with Gasteiger partial charge in [0.25, 0.3) is 0 Å². The molecule has 0 spiro atoms. The minimum Gasteiger partial charge on any atom is -0.355 e. The molecule has 1 saturated heterocycles. The number of rotatable bonds is 6. The first-order valence-corrected chi connectivity index (χ1v) is 9.82. The van der Waals surface area contributed by atoms with Crippen molar-refractivity contribution in [3.05, 3.63) is 59.3 Å². The van der Waals surface area contributed by atoms with E-state index < -0.39 is 0 Å². The molecule has 1 aliphatic rings. The molecule has 1 aromatic heterocycles. The molecule has 27 heavy (non-hydrogen) atoms. The van der Waals surface area contributed by atoms with Gasteiger partial charge in [-0.2, -0.15) is 0 Å². The van der Waals surface area contributed by atoms with Gasteiger partial charge in [0.1, 0.15) is 5.82 Å². The number of pyridine rings is 1. The molecule has 1 amide bonds.